The Labute approximate surface area is 120 Å². The molecule has 0 aliphatic carbocycles. The fraction of sp³-hybridized carbons (Fsp3) is 0.333. The van der Waals surface area contributed by atoms with E-state index in [-0.39, 0.29) is 35.8 Å². The second kappa shape index (κ2) is 7.44. The van der Waals surface area contributed by atoms with Crippen LogP contribution in [0.15, 0.2) is 18.2 Å². The maximum atomic E-state index is 11.9. The Morgan fingerprint density at radius 3 is 2.75 bits per heavy atom. The van der Waals surface area contributed by atoms with Gasteiger partial charge >= 0.3 is 5.97 Å². The van der Waals surface area contributed by atoms with Crippen molar-refractivity contribution in [2.75, 3.05) is 13.2 Å². The second-order valence-electron chi connectivity index (χ2n) is 3.70. The van der Waals surface area contributed by atoms with Crippen LogP contribution in [0, 0.1) is 10.1 Å². The minimum absolute atomic E-state index is 0.0139. The maximum Gasteiger partial charge on any atom is 0.307 e. The number of nitrogens with zero attached hydrogens (tertiary/aromatic N) is 1. The van der Waals surface area contributed by atoms with Crippen LogP contribution in [0.25, 0.3) is 0 Å². The number of nitrogens with one attached hydrogen (secondary N) is 1. The van der Waals surface area contributed by atoms with Gasteiger partial charge in [0.25, 0.3) is 11.6 Å². The third-order valence-electron chi connectivity index (χ3n) is 2.34. The normalized spacial score (nSPS) is 9.90. The summed E-state index contributed by atoms with van der Waals surface area (Å²) >= 11 is 5.80. The van der Waals surface area contributed by atoms with Gasteiger partial charge in [-0.3, -0.25) is 19.7 Å². The Morgan fingerprint density at radius 2 is 2.15 bits per heavy atom. The molecule has 0 aliphatic rings. The average Bonchev–Trinajstić information content (AvgIpc) is 2.38. The van der Waals surface area contributed by atoms with E-state index in [1.165, 1.54) is 18.2 Å². The number of benzene rings is 1. The van der Waals surface area contributed by atoms with E-state index in [0.717, 1.165) is 0 Å². The van der Waals surface area contributed by atoms with Gasteiger partial charge < -0.3 is 10.1 Å². The summed E-state index contributed by atoms with van der Waals surface area (Å²) in [5.41, 5.74) is -0.603. The number of carbonyl (C=O) groups is 2. The fourth-order valence-corrected chi connectivity index (χ4v) is 1.74. The molecule has 0 aliphatic heterocycles. The Balaban J connectivity index is 2.73. The standard InChI is InChI=1S/C12H13ClN2O5/c1-2-20-10(16)6-7-14-12(17)11-8(13)4-3-5-9(11)15(18)19/h3-5H,2,6-7H2,1H3,(H,14,17). The molecule has 0 aromatic heterocycles. The van der Waals surface area contributed by atoms with Crippen LogP contribution in [0.4, 0.5) is 5.69 Å². The minimum Gasteiger partial charge on any atom is -0.466 e. The number of rotatable bonds is 6. The van der Waals surface area contributed by atoms with Gasteiger partial charge in [0.1, 0.15) is 5.56 Å². The van der Waals surface area contributed by atoms with Crippen molar-refractivity contribution in [2.45, 2.75) is 13.3 Å². The molecule has 1 amide bonds. The van der Waals surface area contributed by atoms with Crippen LogP contribution in [0.5, 0.6) is 0 Å². The van der Waals surface area contributed by atoms with Gasteiger partial charge in [-0.2, -0.15) is 0 Å². The van der Waals surface area contributed by atoms with Crippen LogP contribution < -0.4 is 5.32 Å². The van der Waals surface area contributed by atoms with Crippen molar-refractivity contribution in [3.8, 4) is 0 Å². The van der Waals surface area contributed by atoms with Gasteiger partial charge in [0, 0.05) is 12.6 Å². The molecule has 0 saturated carbocycles. The second-order valence-corrected chi connectivity index (χ2v) is 4.11. The number of amides is 1. The van der Waals surface area contributed by atoms with Crippen molar-refractivity contribution in [3.63, 3.8) is 0 Å². The van der Waals surface area contributed by atoms with Crippen LogP contribution in [-0.2, 0) is 9.53 Å². The summed E-state index contributed by atoms with van der Waals surface area (Å²) in [7, 11) is 0. The van der Waals surface area contributed by atoms with Crippen molar-refractivity contribution in [1.29, 1.82) is 0 Å². The number of nitro benzene ring substituents is 1. The van der Waals surface area contributed by atoms with Crippen LogP contribution >= 0.6 is 11.6 Å². The number of halogens is 1. The molecule has 8 heteroatoms. The maximum absolute atomic E-state index is 11.9. The largest absolute Gasteiger partial charge is 0.466 e. The van der Waals surface area contributed by atoms with Gasteiger partial charge in [-0.1, -0.05) is 17.7 Å². The molecular weight excluding hydrogens is 288 g/mol. The van der Waals surface area contributed by atoms with E-state index in [1.54, 1.807) is 6.92 Å². The van der Waals surface area contributed by atoms with Crippen LogP contribution in [0.3, 0.4) is 0 Å². The summed E-state index contributed by atoms with van der Waals surface area (Å²) in [5, 5.41) is 13.2. The summed E-state index contributed by atoms with van der Waals surface area (Å²) in [6.45, 7) is 1.94. The third-order valence-corrected chi connectivity index (χ3v) is 2.65. The van der Waals surface area contributed by atoms with Crippen LogP contribution in [-0.4, -0.2) is 30.0 Å². The van der Waals surface area contributed by atoms with Gasteiger partial charge in [0.05, 0.1) is 23.0 Å². The topological polar surface area (TPSA) is 98.5 Å². The van der Waals surface area contributed by atoms with E-state index in [2.05, 4.69) is 5.32 Å². The first kappa shape index (κ1) is 15.9. The summed E-state index contributed by atoms with van der Waals surface area (Å²) < 4.78 is 4.69. The number of nitro groups is 1. The van der Waals surface area contributed by atoms with Crippen LogP contribution in [0.1, 0.15) is 23.7 Å². The highest BCUT2D eigenvalue weighted by molar-refractivity contribution is 6.34. The number of hydrogen-bond acceptors (Lipinski definition) is 5. The molecule has 108 valence electrons. The molecule has 0 heterocycles. The Hall–Kier alpha value is -2.15. The lowest BCUT2D eigenvalue weighted by atomic mass is 10.1. The van der Waals surface area contributed by atoms with Gasteiger partial charge in [-0.05, 0) is 13.0 Å². The lowest BCUT2D eigenvalue weighted by Gasteiger charge is -2.07. The van der Waals surface area contributed by atoms with E-state index in [0.29, 0.717) is 0 Å². The van der Waals surface area contributed by atoms with E-state index >= 15 is 0 Å². The van der Waals surface area contributed by atoms with Crippen LogP contribution in [0.2, 0.25) is 5.02 Å². The Morgan fingerprint density at radius 1 is 1.45 bits per heavy atom. The molecule has 20 heavy (non-hydrogen) atoms. The summed E-state index contributed by atoms with van der Waals surface area (Å²) in [6, 6.07) is 3.96. The third kappa shape index (κ3) is 4.20. The number of carbonyl (C=O) groups excluding carboxylic acids is 2. The number of ether oxygens (including phenoxy) is 1. The molecule has 0 spiro atoms. The predicted octanol–water partition coefficient (Wildman–Crippen LogP) is 1.93. The first-order valence-corrected chi connectivity index (χ1v) is 6.21. The first-order chi connectivity index (χ1) is 9.47. The molecular formula is C12H13ClN2O5. The quantitative estimate of drug-likeness (QED) is 0.491. The molecule has 7 nitrogen and oxygen atoms in total. The Bertz CT molecular complexity index is 533. The Kier molecular flexibility index (Phi) is 5.92. The monoisotopic (exact) mass is 300 g/mol. The highest BCUT2D eigenvalue weighted by atomic mass is 35.5. The lowest BCUT2D eigenvalue weighted by molar-refractivity contribution is -0.385. The number of hydrogen-bond donors (Lipinski definition) is 1. The first-order valence-electron chi connectivity index (χ1n) is 5.84. The molecule has 1 aromatic rings. The van der Waals surface area contributed by atoms with Crippen molar-refractivity contribution in [1.82, 2.24) is 5.32 Å². The van der Waals surface area contributed by atoms with Crippen molar-refractivity contribution in [3.05, 3.63) is 38.9 Å². The molecule has 0 unspecified atom stereocenters. The lowest BCUT2D eigenvalue weighted by Crippen LogP contribution is -2.27. The van der Waals surface area contributed by atoms with E-state index in [1.807, 2.05) is 0 Å². The molecule has 1 rings (SSSR count). The van der Waals surface area contributed by atoms with E-state index in [4.69, 9.17) is 16.3 Å². The van der Waals surface area contributed by atoms with E-state index in [9.17, 15) is 19.7 Å². The van der Waals surface area contributed by atoms with Crippen molar-refractivity contribution < 1.29 is 19.2 Å². The molecule has 0 bridgehead atoms. The average molecular weight is 301 g/mol. The summed E-state index contributed by atoms with van der Waals surface area (Å²) in [5.74, 6) is -1.16. The molecule has 1 aromatic carbocycles. The van der Waals surface area contributed by atoms with Gasteiger partial charge in [-0.25, -0.2) is 0 Å². The zero-order valence-corrected chi connectivity index (χ0v) is 11.5. The van der Waals surface area contributed by atoms with Gasteiger partial charge in [0.2, 0.25) is 0 Å². The fourth-order valence-electron chi connectivity index (χ4n) is 1.49. The highest BCUT2D eigenvalue weighted by Gasteiger charge is 2.23. The molecule has 0 radical (unpaired) electrons. The zero-order valence-electron chi connectivity index (χ0n) is 10.7. The highest BCUT2D eigenvalue weighted by Crippen LogP contribution is 2.25. The summed E-state index contributed by atoms with van der Waals surface area (Å²) in [4.78, 5) is 33.1. The van der Waals surface area contributed by atoms with Gasteiger partial charge in [0.15, 0.2) is 0 Å². The van der Waals surface area contributed by atoms with Gasteiger partial charge in [-0.15, -0.1) is 0 Å². The van der Waals surface area contributed by atoms with E-state index < -0.39 is 16.8 Å². The SMILES string of the molecule is CCOC(=O)CCNC(=O)c1c(Cl)cccc1[N+](=O)[O-]. The predicted molar refractivity (Wildman–Crippen MR) is 71.7 cm³/mol. The number of esters is 1. The summed E-state index contributed by atoms with van der Waals surface area (Å²) in [6.07, 6.45) is -0.0160. The smallest absolute Gasteiger partial charge is 0.307 e. The molecule has 0 atom stereocenters. The molecule has 0 saturated heterocycles. The zero-order chi connectivity index (χ0) is 15.1. The van der Waals surface area contributed by atoms with Crippen molar-refractivity contribution in [2.24, 2.45) is 0 Å². The molecule has 1 N–H and O–H groups in total. The minimum atomic E-state index is -0.702. The van der Waals surface area contributed by atoms with Crippen molar-refractivity contribution >= 4 is 29.2 Å². The molecule has 0 fully saturated rings.